The van der Waals surface area contributed by atoms with Crippen LogP contribution >= 0.6 is 11.6 Å². The van der Waals surface area contributed by atoms with Gasteiger partial charge in [-0.15, -0.1) is 0 Å². The minimum absolute atomic E-state index is 0.0219. The monoisotopic (exact) mass is 613 g/mol. The smallest absolute Gasteiger partial charge is 0.351 e. The fourth-order valence-electron chi connectivity index (χ4n) is 5.85. The van der Waals surface area contributed by atoms with Crippen LogP contribution in [0.25, 0.3) is 16.9 Å². The number of carbonyl (C=O) groups is 1. The van der Waals surface area contributed by atoms with Crippen LogP contribution in [0.3, 0.4) is 0 Å². The van der Waals surface area contributed by atoms with Gasteiger partial charge >= 0.3 is 12.2 Å². The van der Waals surface area contributed by atoms with Gasteiger partial charge in [0.2, 0.25) is 0 Å². The molecule has 3 aromatic carbocycles. The third-order valence-corrected chi connectivity index (χ3v) is 8.12. The molecule has 0 fully saturated rings. The molecular weight excluding hydrogens is 582 g/mol. The highest BCUT2D eigenvalue weighted by atomic mass is 35.5. The van der Waals surface area contributed by atoms with Crippen LogP contribution in [0.2, 0.25) is 5.02 Å². The van der Waals surface area contributed by atoms with Gasteiger partial charge in [0.15, 0.2) is 0 Å². The van der Waals surface area contributed by atoms with Gasteiger partial charge in [-0.25, -0.2) is 13.9 Å². The van der Waals surface area contributed by atoms with E-state index >= 15 is 4.39 Å². The summed E-state index contributed by atoms with van der Waals surface area (Å²) in [4.78, 5) is 13.4. The summed E-state index contributed by atoms with van der Waals surface area (Å²) in [5, 5.41) is 7.39. The van der Waals surface area contributed by atoms with Gasteiger partial charge in [0.1, 0.15) is 5.82 Å². The first-order valence-electron chi connectivity index (χ1n) is 14.1. The number of rotatable bonds is 7. The number of hydrogen-bond acceptors (Lipinski definition) is 3. The molecule has 4 aromatic rings. The Balaban J connectivity index is 1.67. The van der Waals surface area contributed by atoms with Gasteiger partial charge in [0.05, 0.1) is 28.3 Å². The van der Waals surface area contributed by atoms with Gasteiger partial charge in [-0.1, -0.05) is 49.7 Å². The van der Waals surface area contributed by atoms with Crippen LogP contribution in [0.1, 0.15) is 52.9 Å². The van der Waals surface area contributed by atoms with Crippen molar-refractivity contribution in [3.05, 3.63) is 98.4 Å². The molecule has 2 heterocycles. The van der Waals surface area contributed by atoms with E-state index in [1.165, 1.54) is 24.3 Å². The summed E-state index contributed by atoms with van der Waals surface area (Å²) >= 11 is 5.91. The number of anilines is 1. The van der Waals surface area contributed by atoms with E-state index in [9.17, 15) is 18.0 Å². The molecule has 6 nitrogen and oxygen atoms in total. The van der Waals surface area contributed by atoms with Crippen LogP contribution in [0.5, 0.6) is 0 Å². The number of primary amides is 1. The number of alkyl halides is 3. The number of fused-ring (bicyclic) bond motifs is 1. The second-order valence-electron chi connectivity index (χ2n) is 10.7. The number of hydrogen-bond donors (Lipinski definition) is 2. The lowest BCUT2D eigenvalue weighted by Gasteiger charge is -2.28. The van der Waals surface area contributed by atoms with Crippen molar-refractivity contribution in [3.63, 3.8) is 0 Å². The van der Waals surface area contributed by atoms with Crippen LogP contribution in [0.4, 0.5) is 28.0 Å². The van der Waals surface area contributed by atoms with Crippen molar-refractivity contribution in [2.75, 3.05) is 11.9 Å². The van der Waals surface area contributed by atoms with Gasteiger partial charge in [-0.3, -0.25) is 4.90 Å². The van der Waals surface area contributed by atoms with E-state index in [1.807, 2.05) is 27.8 Å². The number of carbonyl (C=O) groups excluding carboxylic acids is 1. The first-order valence-corrected chi connectivity index (χ1v) is 14.5. The molecular formula is C32H32ClF4N5O. The second kappa shape index (κ2) is 12.0. The molecule has 3 N–H and O–H groups in total. The molecule has 1 aliphatic heterocycles. The lowest BCUT2D eigenvalue weighted by Crippen LogP contribution is -2.31. The third-order valence-electron chi connectivity index (χ3n) is 7.89. The highest BCUT2D eigenvalue weighted by Crippen LogP contribution is 2.39. The van der Waals surface area contributed by atoms with E-state index in [2.05, 4.69) is 19.2 Å². The molecule has 43 heavy (non-hydrogen) atoms. The number of amides is 2. The van der Waals surface area contributed by atoms with Gasteiger partial charge < -0.3 is 11.1 Å². The molecule has 0 spiro atoms. The predicted molar refractivity (Wildman–Crippen MR) is 160 cm³/mol. The van der Waals surface area contributed by atoms with Gasteiger partial charge in [-0.05, 0) is 66.3 Å². The highest BCUT2D eigenvalue weighted by Gasteiger charge is 2.35. The highest BCUT2D eigenvalue weighted by molar-refractivity contribution is 6.30. The van der Waals surface area contributed by atoms with E-state index in [0.717, 1.165) is 47.0 Å². The van der Waals surface area contributed by atoms with Crippen molar-refractivity contribution in [1.82, 2.24) is 14.7 Å². The molecule has 1 aliphatic rings. The molecule has 0 radical (unpaired) electrons. The fourth-order valence-corrected chi connectivity index (χ4v) is 6.02. The molecule has 0 aliphatic carbocycles. The Hall–Kier alpha value is -3.89. The van der Waals surface area contributed by atoms with Crippen molar-refractivity contribution in [2.45, 2.75) is 59.3 Å². The Morgan fingerprint density at radius 2 is 1.77 bits per heavy atom. The zero-order chi connectivity index (χ0) is 31.1. The normalized spacial score (nSPS) is 13.7. The maximum Gasteiger partial charge on any atom is 0.416 e. The molecule has 226 valence electrons. The molecule has 0 saturated heterocycles. The molecule has 0 bridgehead atoms. The number of nitrogens with zero attached hydrogens (tertiary/aromatic N) is 3. The number of aromatic nitrogens is 2. The molecule has 0 unspecified atom stereocenters. The second-order valence-corrected chi connectivity index (χ2v) is 11.2. The number of nitrogens with two attached hydrogens (primary N) is 1. The van der Waals surface area contributed by atoms with Crippen LogP contribution in [-0.2, 0) is 38.5 Å². The summed E-state index contributed by atoms with van der Waals surface area (Å²) in [6.07, 6.45) is -2.56. The summed E-state index contributed by atoms with van der Waals surface area (Å²) in [6.45, 7) is 6.78. The van der Waals surface area contributed by atoms with Crippen LogP contribution in [0, 0.1) is 12.7 Å². The number of halogens is 5. The maximum absolute atomic E-state index is 15.4. The minimum Gasteiger partial charge on any atom is -0.351 e. The van der Waals surface area contributed by atoms with E-state index < -0.39 is 23.6 Å². The zero-order valence-electron chi connectivity index (χ0n) is 24.1. The topological polar surface area (TPSA) is 76.2 Å². The number of nitrogens with one attached hydrogen (secondary N) is 1. The van der Waals surface area contributed by atoms with E-state index in [0.29, 0.717) is 36.3 Å². The quantitative estimate of drug-likeness (QED) is 0.209. The Kier molecular flexibility index (Phi) is 8.54. The van der Waals surface area contributed by atoms with E-state index in [-0.39, 0.29) is 22.8 Å². The average Bonchev–Trinajstić information content (AvgIpc) is 3.32. The first kappa shape index (κ1) is 30.6. The summed E-state index contributed by atoms with van der Waals surface area (Å²) in [5.41, 5.74) is 11.2. The molecule has 0 saturated carbocycles. The summed E-state index contributed by atoms with van der Waals surface area (Å²) in [7, 11) is 0. The SMILES string of the molecule is CCc1cccc(CC)c1-n1nc2c(c1-c1cc(F)c(NC(N)=O)cc1C)CN(Cc1ccc(Cl)cc1C(F)(F)F)CC2. The summed E-state index contributed by atoms with van der Waals surface area (Å²) in [6, 6.07) is 11.9. The van der Waals surface area contributed by atoms with Crippen molar-refractivity contribution in [2.24, 2.45) is 5.73 Å². The van der Waals surface area contributed by atoms with Crippen molar-refractivity contribution in [1.29, 1.82) is 0 Å². The van der Waals surface area contributed by atoms with Crippen molar-refractivity contribution < 1.29 is 22.4 Å². The number of para-hydroxylation sites is 1. The summed E-state index contributed by atoms with van der Waals surface area (Å²) < 4.78 is 58.9. The minimum atomic E-state index is -4.55. The fraction of sp³-hybridized carbons (Fsp3) is 0.312. The lowest BCUT2D eigenvalue weighted by molar-refractivity contribution is -0.138. The van der Waals surface area contributed by atoms with Crippen molar-refractivity contribution in [3.8, 4) is 16.9 Å². The predicted octanol–water partition coefficient (Wildman–Crippen LogP) is 7.83. The van der Waals surface area contributed by atoms with E-state index in [4.69, 9.17) is 22.4 Å². The number of urea groups is 1. The van der Waals surface area contributed by atoms with Gasteiger partial charge in [0.25, 0.3) is 0 Å². The largest absolute Gasteiger partial charge is 0.416 e. The van der Waals surface area contributed by atoms with Crippen LogP contribution in [-0.4, -0.2) is 27.3 Å². The average molecular weight is 614 g/mol. The van der Waals surface area contributed by atoms with Crippen molar-refractivity contribution >= 4 is 23.3 Å². The van der Waals surface area contributed by atoms with Crippen LogP contribution in [0.15, 0.2) is 48.5 Å². The Labute approximate surface area is 252 Å². The lowest BCUT2D eigenvalue weighted by atomic mass is 9.95. The number of benzene rings is 3. The molecule has 2 amide bonds. The maximum atomic E-state index is 15.4. The van der Waals surface area contributed by atoms with Gasteiger partial charge in [-0.2, -0.15) is 18.3 Å². The zero-order valence-corrected chi connectivity index (χ0v) is 24.8. The molecule has 1 aromatic heterocycles. The Bertz CT molecular complexity index is 1680. The summed E-state index contributed by atoms with van der Waals surface area (Å²) in [5.74, 6) is -0.663. The molecule has 11 heteroatoms. The van der Waals surface area contributed by atoms with Gasteiger partial charge in [0, 0.05) is 42.2 Å². The number of aryl methyl sites for hydroxylation is 3. The first-order chi connectivity index (χ1) is 20.4. The third kappa shape index (κ3) is 6.12. The Morgan fingerprint density at radius 3 is 2.40 bits per heavy atom. The van der Waals surface area contributed by atoms with E-state index in [1.54, 1.807) is 6.92 Å². The Morgan fingerprint density at radius 1 is 1.07 bits per heavy atom. The molecule has 5 rings (SSSR count). The van der Waals surface area contributed by atoms with Crippen LogP contribution < -0.4 is 11.1 Å². The molecule has 0 atom stereocenters. The standard InChI is InChI=1S/C32H32ClF4N5O/c1-4-19-7-6-8-20(5-2)29(19)42-30(23-15-26(34)28(13-18(23)3)39-31(38)43)24-17-41(12-11-27(24)40-42)16-21-9-10-22(33)14-25(21)32(35,36)37/h6-10,13-15H,4-5,11-12,16-17H2,1-3H3,(H3,38,39,43).